The van der Waals surface area contributed by atoms with Gasteiger partial charge in [0.05, 0.1) is 25.5 Å². The van der Waals surface area contributed by atoms with Gasteiger partial charge < -0.3 is 9.94 Å². The number of pyridine rings is 1. The molecule has 0 saturated heterocycles. The first-order valence-corrected chi connectivity index (χ1v) is 3.22. The number of rotatable bonds is 3. The highest BCUT2D eigenvalue weighted by molar-refractivity contribution is 5.17. The summed E-state index contributed by atoms with van der Waals surface area (Å²) in [7, 11) is 1.54. The van der Waals surface area contributed by atoms with Gasteiger partial charge >= 0.3 is 0 Å². The van der Waals surface area contributed by atoms with E-state index in [1.807, 2.05) is 0 Å². The molecule has 1 aromatic rings. The standard InChI is InChI=1S/C7H10N2O2/c1-11-9-4-6-2-3-7(10)5-8-6/h2-3,5,9-10H,4H2,1H3. The van der Waals surface area contributed by atoms with Crippen LogP contribution in [0.5, 0.6) is 5.75 Å². The molecule has 4 heteroatoms. The van der Waals surface area contributed by atoms with E-state index in [0.29, 0.717) is 6.54 Å². The van der Waals surface area contributed by atoms with Crippen LogP contribution in [0, 0.1) is 0 Å². The summed E-state index contributed by atoms with van der Waals surface area (Å²) >= 11 is 0. The Morgan fingerprint density at radius 3 is 3.00 bits per heavy atom. The lowest BCUT2D eigenvalue weighted by Gasteiger charge is -1.99. The molecule has 11 heavy (non-hydrogen) atoms. The Labute approximate surface area is 64.8 Å². The van der Waals surface area contributed by atoms with Crippen LogP contribution in [0.3, 0.4) is 0 Å². The molecule has 0 unspecified atom stereocenters. The predicted molar refractivity (Wildman–Crippen MR) is 39.8 cm³/mol. The summed E-state index contributed by atoms with van der Waals surface area (Å²) in [5, 5.41) is 8.87. The third kappa shape index (κ3) is 2.53. The van der Waals surface area contributed by atoms with Crippen LogP contribution in [0.15, 0.2) is 18.3 Å². The van der Waals surface area contributed by atoms with Gasteiger partial charge in [-0.05, 0) is 12.1 Å². The molecule has 0 aliphatic rings. The van der Waals surface area contributed by atoms with Crippen molar-refractivity contribution in [2.24, 2.45) is 0 Å². The Morgan fingerprint density at radius 1 is 1.64 bits per heavy atom. The molecule has 0 aliphatic heterocycles. The Hall–Kier alpha value is -1.13. The maximum absolute atomic E-state index is 8.87. The minimum Gasteiger partial charge on any atom is -0.506 e. The summed E-state index contributed by atoms with van der Waals surface area (Å²) in [4.78, 5) is 8.55. The minimum absolute atomic E-state index is 0.172. The van der Waals surface area contributed by atoms with Crippen molar-refractivity contribution in [3.05, 3.63) is 24.0 Å². The molecule has 0 spiro atoms. The van der Waals surface area contributed by atoms with Gasteiger partial charge in [0.2, 0.25) is 0 Å². The maximum Gasteiger partial charge on any atom is 0.133 e. The Balaban J connectivity index is 2.52. The first-order valence-electron chi connectivity index (χ1n) is 3.22. The van der Waals surface area contributed by atoms with Crippen LogP contribution in [0.25, 0.3) is 0 Å². The molecule has 0 saturated carbocycles. The summed E-state index contributed by atoms with van der Waals surface area (Å²) in [6.45, 7) is 0.538. The lowest BCUT2D eigenvalue weighted by atomic mass is 10.3. The SMILES string of the molecule is CONCc1ccc(O)cn1. The van der Waals surface area contributed by atoms with E-state index in [1.54, 1.807) is 19.2 Å². The molecule has 0 atom stereocenters. The van der Waals surface area contributed by atoms with Gasteiger partial charge in [-0.1, -0.05) is 0 Å². The van der Waals surface area contributed by atoms with Gasteiger partial charge in [-0.2, -0.15) is 5.48 Å². The zero-order chi connectivity index (χ0) is 8.10. The van der Waals surface area contributed by atoms with Crippen molar-refractivity contribution in [3.8, 4) is 5.75 Å². The van der Waals surface area contributed by atoms with Crippen molar-refractivity contribution in [3.63, 3.8) is 0 Å². The van der Waals surface area contributed by atoms with E-state index in [4.69, 9.17) is 5.11 Å². The van der Waals surface area contributed by atoms with Gasteiger partial charge in [-0.3, -0.25) is 4.98 Å². The molecule has 0 fully saturated rings. The van der Waals surface area contributed by atoms with Crippen LogP contribution in [0.2, 0.25) is 0 Å². The fourth-order valence-electron chi connectivity index (χ4n) is 0.667. The molecule has 60 valence electrons. The van der Waals surface area contributed by atoms with Crippen molar-refractivity contribution in [2.75, 3.05) is 7.11 Å². The van der Waals surface area contributed by atoms with E-state index < -0.39 is 0 Å². The normalized spacial score (nSPS) is 9.91. The minimum atomic E-state index is 0.172. The molecule has 2 N–H and O–H groups in total. The molecule has 1 aromatic heterocycles. The van der Waals surface area contributed by atoms with Gasteiger partial charge in [0, 0.05) is 0 Å². The average Bonchev–Trinajstić information content (AvgIpc) is 2.04. The summed E-state index contributed by atoms with van der Waals surface area (Å²) in [6, 6.07) is 3.31. The van der Waals surface area contributed by atoms with Crippen LogP contribution in [0.4, 0.5) is 0 Å². The Bertz CT molecular complexity index is 210. The van der Waals surface area contributed by atoms with Crippen LogP contribution in [-0.2, 0) is 11.4 Å². The summed E-state index contributed by atoms with van der Waals surface area (Å²) in [5.41, 5.74) is 3.46. The quantitative estimate of drug-likeness (QED) is 0.620. The molecular weight excluding hydrogens is 144 g/mol. The van der Waals surface area contributed by atoms with Crippen molar-refractivity contribution >= 4 is 0 Å². The van der Waals surface area contributed by atoms with Gasteiger partial charge in [0.1, 0.15) is 5.75 Å². The number of aromatic nitrogens is 1. The fraction of sp³-hybridized carbons (Fsp3) is 0.286. The van der Waals surface area contributed by atoms with Gasteiger partial charge in [0.25, 0.3) is 0 Å². The van der Waals surface area contributed by atoms with E-state index in [0.717, 1.165) is 5.69 Å². The molecule has 4 nitrogen and oxygen atoms in total. The predicted octanol–water partition coefficient (Wildman–Crippen LogP) is 0.438. The van der Waals surface area contributed by atoms with Crippen LogP contribution < -0.4 is 5.48 Å². The van der Waals surface area contributed by atoms with Crippen LogP contribution in [-0.4, -0.2) is 17.2 Å². The van der Waals surface area contributed by atoms with Crippen molar-refractivity contribution in [1.82, 2.24) is 10.5 Å². The van der Waals surface area contributed by atoms with Crippen LogP contribution in [0.1, 0.15) is 5.69 Å². The third-order valence-corrected chi connectivity index (χ3v) is 1.21. The number of hydrogen-bond donors (Lipinski definition) is 2. The number of hydrogen-bond acceptors (Lipinski definition) is 4. The van der Waals surface area contributed by atoms with Crippen molar-refractivity contribution < 1.29 is 9.94 Å². The van der Waals surface area contributed by atoms with Gasteiger partial charge in [-0.15, -0.1) is 0 Å². The highest BCUT2D eigenvalue weighted by atomic mass is 16.6. The number of hydroxylamine groups is 1. The van der Waals surface area contributed by atoms with E-state index in [-0.39, 0.29) is 5.75 Å². The summed E-state index contributed by atoms with van der Waals surface area (Å²) < 4.78 is 0. The van der Waals surface area contributed by atoms with E-state index in [2.05, 4.69) is 15.3 Å². The number of aromatic hydroxyl groups is 1. The second-order valence-electron chi connectivity index (χ2n) is 2.03. The lowest BCUT2D eigenvalue weighted by molar-refractivity contribution is 0.0858. The summed E-state index contributed by atoms with van der Waals surface area (Å²) in [5.74, 6) is 0.172. The zero-order valence-electron chi connectivity index (χ0n) is 6.24. The average molecular weight is 154 g/mol. The molecule has 0 radical (unpaired) electrons. The van der Waals surface area contributed by atoms with Gasteiger partial charge in [0.15, 0.2) is 0 Å². The molecule has 0 amide bonds. The molecule has 0 aliphatic carbocycles. The summed E-state index contributed by atoms with van der Waals surface area (Å²) in [6.07, 6.45) is 1.40. The highest BCUT2D eigenvalue weighted by Crippen LogP contribution is 2.04. The number of nitrogens with zero attached hydrogens (tertiary/aromatic N) is 1. The van der Waals surface area contributed by atoms with Crippen molar-refractivity contribution in [2.45, 2.75) is 6.54 Å². The second-order valence-corrected chi connectivity index (χ2v) is 2.03. The molecule has 1 rings (SSSR count). The van der Waals surface area contributed by atoms with E-state index in [1.165, 1.54) is 6.20 Å². The first-order chi connectivity index (χ1) is 5.33. The fourth-order valence-corrected chi connectivity index (χ4v) is 0.667. The first kappa shape index (κ1) is 7.97. The smallest absolute Gasteiger partial charge is 0.133 e. The van der Waals surface area contributed by atoms with Gasteiger partial charge in [-0.25, -0.2) is 0 Å². The topological polar surface area (TPSA) is 54.4 Å². The maximum atomic E-state index is 8.87. The Kier molecular flexibility index (Phi) is 2.83. The third-order valence-electron chi connectivity index (χ3n) is 1.21. The monoisotopic (exact) mass is 154 g/mol. The second kappa shape index (κ2) is 3.90. The van der Waals surface area contributed by atoms with E-state index >= 15 is 0 Å². The lowest BCUT2D eigenvalue weighted by Crippen LogP contribution is -2.11. The van der Waals surface area contributed by atoms with Crippen molar-refractivity contribution in [1.29, 1.82) is 0 Å². The van der Waals surface area contributed by atoms with E-state index in [9.17, 15) is 0 Å². The molecule has 0 bridgehead atoms. The highest BCUT2D eigenvalue weighted by Gasteiger charge is 1.92. The molecular formula is C7H10N2O2. The zero-order valence-corrected chi connectivity index (χ0v) is 6.24. The molecule has 1 heterocycles. The van der Waals surface area contributed by atoms with Crippen LogP contribution >= 0.6 is 0 Å². The molecule has 0 aromatic carbocycles. The largest absolute Gasteiger partial charge is 0.506 e. The number of nitrogens with one attached hydrogen (secondary N) is 1. The Morgan fingerprint density at radius 2 is 2.45 bits per heavy atom.